The van der Waals surface area contributed by atoms with Crippen molar-refractivity contribution in [1.29, 1.82) is 0 Å². The molecule has 5 heteroatoms. The molecule has 5 nitrogen and oxygen atoms in total. The average Bonchev–Trinajstić information content (AvgIpc) is 3.07. The summed E-state index contributed by atoms with van der Waals surface area (Å²) in [5.41, 5.74) is 1.70. The topological polar surface area (TPSA) is 67.2 Å². The van der Waals surface area contributed by atoms with E-state index in [9.17, 15) is 9.90 Å². The number of rotatable bonds is 2. The number of hydrogen-bond donors (Lipinski definition) is 2. The number of aromatic nitrogens is 2. The van der Waals surface area contributed by atoms with Crippen LogP contribution in [0.5, 0.6) is 0 Å². The Morgan fingerprint density at radius 1 is 1.53 bits per heavy atom. The largest absolute Gasteiger partial charge is 0.481 e. The van der Waals surface area contributed by atoms with Gasteiger partial charge in [0.05, 0.1) is 11.6 Å². The van der Waals surface area contributed by atoms with E-state index in [0.29, 0.717) is 18.4 Å². The fourth-order valence-electron chi connectivity index (χ4n) is 2.90. The van der Waals surface area contributed by atoms with Crippen LogP contribution in [0.25, 0.3) is 0 Å². The van der Waals surface area contributed by atoms with Crippen molar-refractivity contribution in [3.05, 3.63) is 11.3 Å². The number of anilines is 1. The van der Waals surface area contributed by atoms with Crippen LogP contribution in [0.4, 0.5) is 5.82 Å². The third-order valence-electron chi connectivity index (χ3n) is 3.92. The number of carboxylic acid groups (broad SMARTS) is 1. The molecular formula is C12H17N3O2. The summed E-state index contributed by atoms with van der Waals surface area (Å²) in [6.07, 6.45) is 3.13. The average molecular weight is 235 g/mol. The smallest absolute Gasteiger partial charge is 0.311 e. The molecule has 1 aromatic rings. The predicted molar refractivity (Wildman–Crippen MR) is 63.1 cm³/mol. The first-order valence-corrected chi connectivity index (χ1v) is 6.10. The second-order valence-corrected chi connectivity index (χ2v) is 5.19. The minimum absolute atomic E-state index is 0.304. The van der Waals surface area contributed by atoms with Crippen molar-refractivity contribution in [1.82, 2.24) is 9.78 Å². The van der Waals surface area contributed by atoms with E-state index in [2.05, 4.69) is 10.4 Å². The van der Waals surface area contributed by atoms with Crippen LogP contribution in [0, 0.1) is 12.8 Å². The summed E-state index contributed by atoms with van der Waals surface area (Å²) in [7, 11) is 1.87. The number of aryl methyl sites for hydroxylation is 2. The van der Waals surface area contributed by atoms with Crippen LogP contribution in [0.1, 0.15) is 36.4 Å². The molecule has 1 saturated carbocycles. The van der Waals surface area contributed by atoms with Gasteiger partial charge in [-0.25, -0.2) is 0 Å². The second kappa shape index (κ2) is 3.48. The van der Waals surface area contributed by atoms with E-state index in [0.717, 1.165) is 17.1 Å². The monoisotopic (exact) mass is 235 g/mol. The lowest BCUT2D eigenvalue weighted by atomic mass is 9.86. The van der Waals surface area contributed by atoms with E-state index in [1.165, 1.54) is 12.8 Å². The van der Waals surface area contributed by atoms with Crippen LogP contribution in [-0.2, 0) is 11.8 Å². The lowest BCUT2D eigenvalue weighted by Crippen LogP contribution is -2.33. The van der Waals surface area contributed by atoms with Crippen LogP contribution < -0.4 is 5.32 Å². The first kappa shape index (κ1) is 10.6. The van der Waals surface area contributed by atoms with Crippen LogP contribution >= 0.6 is 0 Å². The zero-order valence-electron chi connectivity index (χ0n) is 10.1. The number of nitrogens with one attached hydrogen (secondary N) is 1. The molecule has 17 heavy (non-hydrogen) atoms. The zero-order chi connectivity index (χ0) is 12.2. The summed E-state index contributed by atoms with van der Waals surface area (Å²) >= 11 is 0. The molecule has 3 rings (SSSR count). The molecule has 0 amide bonds. The molecule has 2 atom stereocenters. The minimum Gasteiger partial charge on any atom is -0.481 e. The van der Waals surface area contributed by atoms with Crippen molar-refractivity contribution in [3.63, 3.8) is 0 Å². The number of carboxylic acids is 1. The summed E-state index contributed by atoms with van der Waals surface area (Å²) < 4.78 is 1.77. The van der Waals surface area contributed by atoms with Crippen molar-refractivity contribution in [2.24, 2.45) is 13.0 Å². The second-order valence-electron chi connectivity index (χ2n) is 5.19. The van der Waals surface area contributed by atoms with E-state index < -0.39 is 11.9 Å². The molecule has 0 radical (unpaired) electrons. The van der Waals surface area contributed by atoms with Crippen LogP contribution in [-0.4, -0.2) is 26.9 Å². The first-order chi connectivity index (χ1) is 8.08. The SMILES string of the molecule is Cc1nn(C)c2c1[C@@H](C(=O)O)C[C@H](C1CC1)N2. The van der Waals surface area contributed by atoms with Gasteiger partial charge in [-0.05, 0) is 32.1 Å². The molecule has 1 aliphatic heterocycles. The van der Waals surface area contributed by atoms with E-state index in [1.54, 1.807) is 4.68 Å². The lowest BCUT2D eigenvalue weighted by molar-refractivity contribution is -0.139. The summed E-state index contributed by atoms with van der Waals surface area (Å²) in [4.78, 5) is 11.4. The van der Waals surface area contributed by atoms with E-state index in [-0.39, 0.29) is 0 Å². The molecule has 0 aromatic carbocycles. The molecule has 2 aliphatic rings. The predicted octanol–water partition coefficient (Wildman–Crippen LogP) is 1.49. The highest BCUT2D eigenvalue weighted by Gasteiger charge is 2.41. The Morgan fingerprint density at radius 2 is 2.24 bits per heavy atom. The van der Waals surface area contributed by atoms with Gasteiger partial charge in [0.25, 0.3) is 0 Å². The Bertz CT molecular complexity index is 476. The summed E-state index contributed by atoms with van der Waals surface area (Å²) in [6, 6.07) is 0.304. The highest BCUT2D eigenvalue weighted by atomic mass is 16.4. The van der Waals surface area contributed by atoms with Crippen molar-refractivity contribution in [3.8, 4) is 0 Å². The van der Waals surface area contributed by atoms with Crippen molar-refractivity contribution in [2.45, 2.75) is 38.1 Å². The van der Waals surface area contributed by atoms with Gasteiger partial charge in [0, 0.05) is 18.7 Å². The summed E-state index contributed by atoms with van der Waals surface area (Å²) in [5, 5.41) is 17.2. The number of hydrogen-bond acceptors (Lipinski definition) is 3. The Balaban J connectivity index is 2.03. The third-order valence-corrected chi connectivity index (χ3v) is 3.92. The molecular weight excluding hydrogens is 218 g/mol. The normalized spacial score (nSPS) is 27.4. The highest BCUT2D eigenvalue weighted by Crippen LogP contribution is 2.44. The summed E-state index contributed by atoms with van der Waals surface area (Å²) in [5.74, 6) is 0.429. The van der Waals surface area contributed by atoms with E-state index in [4.69, 9.17) is 0 Å². The van der Waals surface area contributed by atoms with Gasteiger partial charge in [0.2, 0.25) is 0 Å². The van der Waals surface area contributed by atoms with Gasteiger partial charge in [0.15, 0.2) is 0 Å². The van der Waals surface area contributed by atoms with Crippen LogP contribution in [0.15, 0.2) is 0 Å². The molecule has 2 N–H and O–H groups in total. The van der Waals surface area contributed by atoms with Gasteiger partial charge in [-0.2, -0.15) is 5.10 Å². The molecule has 1 aliphatic carbocycles. The number of carbonyl (C=O) groups is 1. The van der Waals surface area contributed by atoms with Gasteiger partial charge >= 0.3 is 5.97 Å². The fourth-order valence-corrected chi connectivity index (χ4v) is 2.90. The van der Waals surface area contributed by atoms with Crippen LogP contribution in [0.2, 0.25) is 0 Å². The maximum Gasteiger partial charge on any atom is 0.311 e. The number of aliphatic carboxylic acids is 1. The van der Waals surface area contributed by atoms with Gasteiger partial charge in [-0.1, -0.05) is 0 Å². The maximum absolute atomic E-state index is 11.4. The molecule has 0 spiro atoms. The third kappa shape index (κ3) is 1.61. The summed E-state index contributed by atoms with van der Waals surface area (Å²) in [6.45, 7) is 1.88. The number of fused-ring (bicyclic) bond motifs is 1. The molecule has 2 heterocycles. The van der Waals surface area contributed by atoms with Gasteiger partial charge in [-0.3, -0.25) is 9.48 Å². The van der Waals surface area contributed by atoms with E-state index >= 15 is 0 Å². The van der Waals surface area contributed by atoms with E-state index in [1.807, 2.05) is 14.0 Å². The zero-order valence-corrected chi connectivity index (χ0v) is 10.1. The van der Waals surface area contributed by atoms with Crippen molar-refractivity contribution >= 4 is 11.8 Å². The van der Waals surface area contributed by atoms with Gasteiger partial charge in [0.1, 0.15) is 5.82 Å². The Hall–Kier alpha value is -1.52. The van der Waals surface area contributed by atoms with Crippen LogP contribution in [0.3, 0.4) is 0 Å². The minimum atomic E-state index is -0.727. The Kier molecular flexibility index (Phi) is 2.18. The Morgan fingerprint density at radius 3 is 2.82 bits per heavy atom. The molecule has 0 bridgehead atoms. The van der Waals surface area contributed by atoms with Crippen molar-refractivity contribution < 1.29 is 9.90 Å². The molecule has 1 fully saturated rings. The highest BCUT2D eigenvalue weighted by molar-refractivity contribution is 5.80. The molecule has 92 valence electrons. The standard InChI is InChI=1S/C12H17N3O2/c1-6-10-8(12(16)17)5-9(7-3-4-7)13-11(10)15(2)14-6/h7-9,13H,3-5H2,1-2H3,(H,16,17)/t8-,9+/m0/s1. The van der Waals surface area contributed by atoms with Gasteiger partial charge < -0.3 is 10.4 Å². The Labute approximate surface area is 99.8 Å². The lowest BCUT2D eigenvalue weighted by Gasteiger charge is -2.29. The number of nitrogens with zero attached hydrogens (tertiary/aromatic N) is 2. The maximum atomic E-state index is 11.4. The fraction of sp³-hybridized carbons (Fsp3) is 0.667. The molecule has 1 aromatic heterocycles. The van der Waals surface area contributed by atoms with Crippen molar-refractivity contribution in [2.75, 3.05) is 5.32 Å². The molecule has 0 unspecified atom stereocenters. The first-order valence-electron chi connectivity index (χ1n) is 6.10. The quantitative estimate of drug-likeness (QED) is 0.815. The van der Waals surface area contributed by atoms with Gasteiger partial charge in [-0.15, -0.1) is 0 Å². The molecule has 0 saturated heterocycles.